The maximum Gasteiger partial charge on any atom is 0.265 e. The molecule has 3 atom stereocenters. The van der Waals surface area contributed by atoms with Gasteiger partial charge in [-0.15, -0.1) is 0 Å². The molecule has 4 nitrogen and oxygen atoms in total. The fourth-order valence-corrected chi connectivity index (χ4v) is 4.34. The molecule has 0 amide bonds. The minimum atomic E-state index is -3.91. The largest absolute Gasteiger partial charge is 0.299 e. The van der Waals surface area contributed by atoms with Crippen LogP contribution < -0.4 is 0 Å². The normalized spacial score (nSPS) is 38.6. The van der Waals surface area contributed by atoms with Gasteiger partial charge in [-0.05, 0) is 23.7 Å². The molecule has 0 aromatic rings. The fraction of sp³-hybridized carbons (Fsp3) is 0.900. The molecule has 2 rings (SSSR count). The quantitative estimate of drug-likeness (QED) is 0.724. The molecule has 0 spiro atoms. The van der Waals surface area contributed by atoms with Gasteiger partial charge in [0.1, 0.15) is 5.78 Å². The first-order valence-electron chi connectivity index (χ1n) is 5.19. The Kier molecular flexibility index (Phi) is 2.25. The number of Topliss-reactive ketones (excluding diaryl/α,β-unsaturated/α-hetero) is 1. The molecule has 1 N–H and O–H groups in total. The Labute approximate surface area is 89.8 Å². The standard InChI is InChI=1S/C10H16O4S/c1-10(2)7-4-9(11)8(10)3-6(7)5-15(12,13)14/h6-8H,3-5H2,1-2H3,(H,12,13,14). The van der Waals surface area contributed by atoms with Crippen LogP contribution in [-0.4, -0.2) is 24.5 Å². The van der Waals surface area contributed by atoms with Gasteiger partial charge >= 0.3 is 0 Å². The summed E-state index contributed by atoms with van der Waals surface area (Å²) < 4.78 is 30.5. The number of carbonyl (C=O) groups is 1. The number of fused-ring (bicyclic) bond motifs is 2. The SMILES string of the molecule is CC1(C)C2CC(CS(=O)(=O)O)C1CC2=O. The van der Waals surface area contributed by atoms with Crippen molar-refractivity contribution < 1.29 is 17.8 Å². The molecule has 0 aromatic heterocycles. The lowest BCUT2D eigenvalue weighted by Crippen LogP contribution is -2.25. The van der Waals surface area contributed by atoms with Gasteiger partial charge in [-0.2, -0.15) is 8.42 Å². The van der Waals surface area contributed by atoms with Crippen molar-refractivity contribution in [2.75, 3.05) is 5.75 Å². The molecule has 2 saturated carbocycles. The first-order chi connectivity index (χ1) is 6.72. The predicted octanol–water partition coefficient (Wildman–Crippen LogP) is 1.13. The van der Waals surface area contributed by atoms with Gasteiger partial charge in [-0.25, -0.2) is 0 Å². The van der Waals surface area contributed by atoms with E-state index in [-0.39, 0.29) is 34.7 Å². The molecule has 0 saturated heterocycles. The van der Waals surface area contributed by atoms with Gasteiger partial charge in [0.25, 0.3) is 10.1 Å². The van der Waals surface area contributed by atoms with E-state index in [0.29, 0.717) is 12.8 Å². The highest BCUT2D eigenvalue weighted by Crippen LogP contribution is 2.58. The fourth-order valence-electron chi connectivity index (χ4n) is 3.43. The number of hydrogen-bond donors (Lipinski definition) is 1. The molecule has 0 aliphatic heterocycles. The van der Waals surface area contributed by atoms with Crippen LogP contribution in [0.3, 0.4) is 0 Å². The van der Waals surface area contributed by atoms with E-state index in [2.05, 4.69) is 0 Å². The van der Waals surface area contributed by atoms with Crippen molar-refractivity contribution >= 4 is 15.9 Å². The third-order valence-electron chi connectivity index (χ3n) is 4.20. The molecule has 15 heavy (non-hydrogen) atoms. The molecule has 2 bridgehead atoms. The predicted molar refractivity (Wildman–Crippen MR) is 54.9 cm³/mol. The minimum absolute atomic E-state index is 0.00532. The Bertz CT molecular complexity index is 396. The zero-order valence-electron chi connectivity index (χ0n) is 8.93. The second-order valence-electron chi connectivity index (χ2n) is 5.40. The van der Waals surface area contributed by atoms with Crippen LogP contribution in [0.25, 0.3) is 0 Å². The number of carbonyl (C=O) groups excluding carboxylic acids is 1. The molecule has 86 valence electrons. The van der Waals surface area contributed by atoms with Gasteiger partial charge in [-0.1, -0.05) is 13.8 Å². The average molecular weight is 232 g/mol. The highest BCUT2D eigenvalue weighted by Gasteiger charge is 2.58. The Morgan fingerprint density at radius 3 is 2.40 bits per heavy atom. The lowest BCUT2D eigenvalue weighted by Gasteiger charge is -2.25. The van der Waals surface area contributed by atoms with Crippen molar-refractivity contribution in [1.82, 2.24) is 0 Å². The van der Waals surface area contributed by atoms with Gasteiger partial charge < -0.3 is 0 Å². The van der Waals surface area contributed by atoms with Crippen LogP contribution >= 0.6 is 0 Å². The van der Waals surface area contributed by atoms with E-state index in [9.17, 15) is 13.2 Å². The van der Waals surface area contributed by atoms with Gasteiger partial charge in [0.05, 0.1) is 5.75 Å². The molecule has 3 unspecified atom stereocenters. The molecule has 0 radical (unpaired) electrons. The molecule has 2 fully saturated rings. The van der Waals surface area contributed by atoms with Gasteiger partial charge in [0.15, 0.2) is 0 Å². The summed E-state index contributed by atoms with van der Waals surface area (Å²) >= 11 is 0. The lowest BCUT2D eigenvalue weighted by molar-refractivity contribution is -0.122. The summed E-state index contributed by atoms with van der Waals surface area (Å²) in [4.78, 5) is 11.6. The van der Waals surface area contributed by atoms with Crippen molar-refractivity contribution in [3.8, 4) is 0 Å². The second kappa shape index (κ2) is 3.04. The second-order valence-corrected chi connectivity index (χ2v) is 6.89. The molecule has 0 heterocycles. The minimum Gasteiger partial charge on any atom is -0.299 e. The maximum atomic E-state index is 11.6. The summed E-state index contributed by atoms with van der Waals surface area (Å²) in [6, 6.07) is 0. The highest BCUT2D eigenvalue weighted by molar-refractivity contribution is 7.85. The molecular formula is C10H16O4S. The van der Waals surface area contributed by atoms with Crippen molar-refractivity contribution in [2.24, 2.45) is 23.2 Å². The smallest absolute Gasteiger partial charge is 0.265 e. The Balaban J connectivity index is 2.20. The first-order valence-corrected chi connectivity index (χ1v) is 6.80. The van der Waals surface area contributed by atoms with Gasteiger partial charge in [0, 0.05) is 12.3 Å². The summed E-state index contributed by atoms with van der Waals surface area (Å²) in [6.45, 7) is 4.05. The third-order valence-corrected chi connectivity index (χ3v) is 5.05. The lowest BCUT2D eigenvalue weighted by atomic mass is 9.80. The summed E-state index contributed by atoms with van der Waals surface area (Å²) in [5, 5.41) is 0. The van der Waals surface area contributed by atoms with E-state index in [1.165, 1.54) is 0 Å². The van der Waals surface area contributed by atoms with Crippen molar-refractivity contribution in [2.45, 2.75) is 26.7 Å². The molecule has 2 aliphatic carbocycles. The van der Waals surface area contributed by atoms with Crippen LogP contribution in [0.2, 0.25) is 0 Å². The molecule has 2 aliphatic rings. The summed E-state index contributed by atoms with van der Waals surface area (Å²) in [6.07, 6.45) is 1.11. The Morgan fingerprint density at radius 2 is 2.07 bits per heavy atom. The van der Waals surface area contributed by atoms with E-state index in [4.69, 9.17) is 4.55 Å². The molecule has 0 aromatic carbocycles. The van der Waals surface area contributed by atoms with Gasteiger partial charge in [0.2, 0.25) is 0 Å². The van der Waals surface area contributed by atoms with Crippen LogP contribution in [0.15, 0.2) is 0 Å². The van der Waals surface area contributed by atoms with Crippen LogP contribution in [0.5, 0.6) is 0 Å². The van der Waals surface area contributed by atoms with Crippen LogP contribution in [0, 0.1) is 23.2 Å². The Hall–Kier alpha value is -0.420. The summed E-state index contributed by atoms with van der Waals surface area (Å²) in [5.41, 5.74) is -0.0908. The average Bonchev–Trinajstić information content (AvgIpc) is 2.35. The van der Waals surface area contributed by atoms with Crippen LogP contribution in [0.4, 0.5) is 0 Å². The zero-order valence-corrected chi connectivity index (χ0v) is 9.75. The van der Waals surface area contributed by atoms with E-state index in [1.54, 1.807) is 0 Å². The molecule has 5 heteroatoms. The zero-order chi connectivity index (χ0) is 11.4. The van der Waals surface area contributed by atoms with Crippen molar-refractivity contribution in [1.29, 1.82) is 0 Å². The van der Waals surface area contributed by atoms with Crippen molar-refractivity contribution in [3.63, 3.8) is 0 Å². The van der Waals surface area contributed by atoms with Crippen LogP contribution in [0.1, 0.15) is 26.7 Å². The Morgan fingerprint density at radius 1 is 1.47 bits per heavy atom. The van der Waals surface area contributed by atoms with E-state index in [0.717, 1.165) is 0 Å². The molecular weight excluding hydrogens is 216 g/mol. The van der Waals surface area contributed by atoms with Gasteiger partial charge in [-0.3, -0.25) is 9.35 Å². The highest BCUT2D eigenvalue weighted by atomic mass is 32.2. The number of rotatable bonds is 2. The van der Waals surface area contributed by atoms with Crippen molar-refractivity contribution in [3.05, 3.63) is 0 Å². The van der Waals surface area contributed by atoms with E-state index < -0.39 is 10.1 Å². The monoisotopic (exact) mass is 232 g/mol. The number of ketones is 1. The maximum absolute atomic E-state index is 11.6. The van der Waals surface area contributed by atoms with E-state index in [1.807, 2.05) is 13.8 Å². The third kappa shape index (κ3) is 1.72. The summed E-state index contributed by atoms with van der Waals surface area (Å²) in [5.74, 6) is 0.144. The number of hydrogen-bond acceptors (Lipinski definition) is 3. The topological polar surface area (TPSA) is 71.4 Å². The van der Waals surface area contributed by atoms with Crippen LogP contribution in [-0.2, 0) is 14.9 Å². The van der Waals surface area contributed by atoms with E-state index >= 15 is 0 Å². The first kappa shape index (κ1) is 11.1. The summed E-state index contributed by atoms with van der Waals surface area (Å²) in [7, 11) is -3.91.